The third-order valence-electron chi connectivity index (χ3n) is 3.84. The van der Waals surface area contributed by atoms with E-state index in [-0.39, 0.29) is 13.1 Å². The Kier molecular flexibility index (Phi) is 9.33. The molecule has 1 saturated carbocycles. The third kappa shape index (κ3) is 7.52. The fraction of sp³-hybridized carbons (Fsp3) is 1.00. The molecule has 0 amide bonds. The van der Waals surface area contributed by atoms with Crippen molar-refractivity contribution >= 4 is 0 Å². The summed E-state index contributed by atoms with van der Waals surface area (Å²) in [7, 11) is 0. The zero-order valence-electron chi connectivity index (χ0n) is 12.2. The average molecular weight is 290 g/mol. The van der Waals surface area contributed by atoms with Crippen LogP contribution in [0.25, 0.3) is 0 Å². The molecule has 0 aromatic heterocycles. The smallest absolute Gasteiger partial charge is 0.0895 e. The van der Waals surface area contributed by atoms with Gasteiger partial charge in [-0.05, 0) is 37.5 Å². The highest BCUT2D eigenvalue weighted by atomic mass is 16.5. The fourth-order valence-corrected chi connectivity index (χ4v) is 2.44. The number of rotatable bonds is 10. The second-order valence-electron chi connectivity index (χ2n) is 5.74. The Balaban J connectivity index is 2.02. The first-order valence-corrected chi connectivity index (χ1v) is 7.57. The Morgan fingerprint density at radius 3 is 1.45 bits per heavy atom. The molecule has 1 fully saturated rings. The molecule has 120 valence electrons. The third-order valence-corrected chi connectivity index (χ3v) is 3.84. The summed E-state index contributed by atoms with van der Waals surface area (Å²) < 4.78 is 11.0. The molecule has 6 nitrogen and oxygen atoms in total. The zero-order valence-corrected chi connectivity index (χ0v) is 12.2. The van der Waals surface area contributed by atoms with Gasteiger partial charge in [0.15, 0.2) is 0 Å². The quantitative estimate of drug-likeness (QED) is 0.430. The van der Waals surface area contributed by atoms with Gasteiger partial charge < -0.3 is 31.2 Å². The summed E-state index contributed by atoms with van der Waals surface area (Å²) in [6.45, 7) is 2.57. The predicted octanol–water partition coefficient (Wildman–Crippen LogP) is -0.535. The van der Waals surface area contributed by atoms with Crippen molar-refractivity contribution in [3.8, 4) is 0 Å². The van der Waals surface area contributed by atoms with E-state index in [1.165, 1.54) is 0 Å². The molecule has 0 aliphatic heterocycles. The van der Waals surface area contributed by atoms with Crippen LogP contribution in [-0.4, -0.2) is 61.9 Å². The molecule has 1 aliphatic carbocycles. The molecule has 0 heterocycles. The van der Waals surface area contributed by atoms with Crippen molar-refractivity contribution in [2.24, 2.45) is 23.3 Å². The standard InChI is InChI=1S/C14H30N2O4/c15-5-13(17)9-19-7-11-1-2-12(4-3-11)8-20-10-14(18)6-16/h11-14,17-18H,1-10,15-16H2. The van der Waals surface area contributed by atoms with Crippen molar-refractivity contribution in [2.75, 3.05) is 39.5 Å². The van der Waals surface area contributed by atoms with Gasteiger partial charge in [-0.3, -0.25) is 0 Å². The minimum absolute atomic E-state index is 0.249. The second-order valence-corrected chi connectivity index (χ2v) is 5.74. The highest BCUT2D eigenvalue weighted by molar-refractivity contribution is 4.72. The minimum atomic E-state index is -0.547. The van der Waals surface area contributed by atoms with Gasteiger partial charge in [0.1, 0.15) is 0 Å². The van der Waals surface area contributed by atoms with Crippen molar-refractivity contribution in [2.45, 2.75) is 37.9 Å². The molecule has 0 spiro atoms. The van der Waals surface area contributed by atoms with Crippen LogP contribution in [0, 0.1) is 11.8 Å². The molecule has 0 saturated heterocycles. The summed E-state index contributed by atoms with van der Waals surface area (Å²) in [6.07, 6.45) is 3.43. The van der Waals surface area contributed by atoms with Crippen molar-refractivity contribution in [1.82, 2.24) is 0 Å². The summed E-state index contributed by atoms with van der Waals surface area (Å²) in [5, 5.41) is 18.6. The van der Waals surface area contributed by atoms with E-state index in [9.17, 15) is 10.2 Å². The van der Waals surface area contributed by atoms with E-state index >= 15 is 0 Å². The summed E-state index contributed by atoms with van der Waals surface area (Å²) in [5.41, 5.74) is 10.6. The molecule has 1 aliphatic rings. The number of aliphatic hydroxyl groups is 2. The van der Waals surface area contributed by atoms with Crippen LogP contribution in [0.5, 0.6) is 0 Å². The van der Waals surface area contributed by atoms with Gasteiger partial charge in [-0.25, -0.2) is 0 Å². The zero-order chi connectivity index (χ0) is 14.8. The molecule has 0 aromatic carbocycles. The molecule has 0 bridgehead atoms. The maximum Gasteiger partial charge on any atom is 0.0895 e. The number of hydrogen-bond acceptors (Lipinski definition) is 6. The molecule has 2 atom stereocenters. The van der Waals surface area contributed by atoms with E-state index in [1.54, 1.807) is 0 Å². The Morgan fingerprint density at radius 1 is 0.800 bits per heavy atom. The summed E-state index contributed by atoms with van der Waals surface area (Å²) in [4.78, 5) is 0. The van der Waals surface area contributed by atoms with Crippen LogP contribution < -0.4 is 11.5 Å². The molecule has 0 aromatic rings. The fourth-order valence-electron chi connectivity index (χ4n) is 2.44. The lowest BCUT2D eigenvalue weighted by atomic mass is 9.83. The van der Waals surface area contributed by atoms with E-state index in [4.69, 9.17) is 20.9 Å². The van der Waals surface area contributed by atoms with Gasteiger partial charge in [-0.15, -0.1) is 0 Å². The van der Waals surface area contributed by atoms with Crippen molar-refractivity contribution in [1.29, 1.82) is 0 Å². The molecular formula is C14H30N2O4. The van der Waals surface area contributed by atoms with Gasteiger partial charge in [-0.2, -0.15) is 0 Å². The Labute approximate surface area is 121 Å². The SMILES string of the molecule is NCC(O)COCC1CCC(COCC(O)CN)CC1. The van der Waals surface area contributed by atoms with E-state index in [2.05, 4.69) is 0 Å². The van der Waals surface area contributed by atoms with Crippen molar-refractivity contribution < 1.29 is 19.7 Å². The first kappa shape index (κ1) is 17.8. The average Bonchev–Trinajstić information content (AvgIpc) is 2.48. The summed E-state index contributed by atoms with van der Waals surface area (Å²) in [6, 6.07) is 0. The molecular weight excluding hydrogens is 260 g/mol. The van der Waals surface area contributed by atoms with Crippen molar-refractivity contribution in [3.05, 3.63) is 0 Å². The van der Waals surface area contributed by atoms with Crippen molar-refractivity contribution in [3.63, 3.8) is 0 Å². The molecule has 1 rings (SSSR count). The Hall–Kier alpha value is -0.240. The number of ether oxygens (including phenoxy) is 2. The summed E-state index contributed by atoms with van der Waals surface area (Å²) >= 11 is 0. The van der Waals surface area contributed by atoms with Crippen LogP contribution in [0.3, 0.4) is 0 Å². The minimum Gasteiger partial charge on any atom is -0.389 e. The highest BCUT2D eigenvalue weighted by Crippen LogP contribution is 2.29. The van der Waals surface area contributed by atoms with Crippen LogP contribution in [0.4, 0.5) is 0 Å². The van der Waals surface area contributed by atoms with E-state index in [0.717, 1.165) is 25.7 Å². The van der Waals surface area contributed by atoms with E-state index < -0.39 is 12.2 Å². The molecule has 2 unspecified atom stereocenters. The normalized spacial score (nSPS) is 26.4. The second kappa shape index (κ2) is 10.5. The first-order chi connectivity index (χ1) is 9.65. The Morgan fingerprint density at radius 2 is 1.15 bits per heavy atom. The summed E-state index contributed by atoms with van der Waals surface area (Å²) in [5.74, 6) is 1.15. The molecule has 20 heavy (non-hydrogen) atoms. The lowest BCUT2D eigenvalue weighted by Crippen LogP contribution is -2.29. The van der Waals surface area contributed by atoms with Crippen LogP contribution in [-0.2, 0) is 9.47 Å². The van der Waals surface area contributed by atoms with Crippen LogP contribution in [0.15, 0.2) is 0 Å². The maximum atomic E-state index is 9.30. The first-order valence-electron chi connectivity index (χ1n) is 7.57. The largest absolute Gasteiger partial charge is 0.389 e. The van der Waals surface area contributed by atoms with Crippen LogP contribution in [0.2, 0.25) is 0 Å². The molecule has 6 heteroatoms. The van der Waals surface area contributed by atoms with Gasteiger partial charge in [0.05, 0.1) is 25.4 Å². The predicted molar refractivity (Wildman–Crippen MR) is 77.2 cm³/mol. The lowest BCUT2D eigenvalue weighted by Gasteiger charge is -2.28. The monoisotopic (exact) mass is 290 g/mol. The Bertz CT molecular complexity index is 211. The highest BCUT2D eigenvalue weighted by Gasteiger charge is 2.21. The molecule has 0 radical (unpaired) electrons. The lowest BCUT2D eigenvalue weighted by molar-refractivity contribution is -0.000262. The van der Waals surface area contributed by atoms with Gasteiger partial charge in [-0.1, -0.05) is 0 Å². The topological polar surface area (TPSA) is 111 Å². The number of aliphatic hydroxyl groups excluding tert-OH is 2. The number of hydrogen-bond donors (Lipinski definition) is 4. The molecule has 6 N–H and O–H groups in total. The van der Waals surface area contributed by atoms with Gasteiger partial charge in [0.2, 0.25) is 0 Å². The van der Waals surface area contributed by atoms with E-state index in [1.807, 2.05) is 0 Å². The maximum absolute atomic E-state index is 9.30. The van der Waals surface area contributed by atoms with E-state index in [0.29, 0.717) is 38.3 Å². The number of nitrogens with two attached hydrogens (primary N) is 2. The van der Waals surface area contributed by atoms with Crippen LogP contribution >= 0.6 is 0 Å². The van der Waals surface area contributed by atoms with Gasteiger partial charge in [0.25, 0.3) is 0 Å². The van der Waals surface area contributed by atoms with Gasteiger partial charge in [0, 0.05) is 26.3 Å². The van der Waals surface area contributed by atoms with Crippen LogP contribution in [0.1, 0.15) is 25.7 Å². The van der Waals surface area contributed by atoms with Gasteiger partial charge >= 0.3 is 0 Å².